The number of carboxylic acid groups (broad SMARTS) is 1. The van der Waals surface area contributed by atoms with Crippen LogP contribution in [0.1, 0.15) is 30.1 Å². The lowest BCUT2D eigenvalue weighted by molar-refractivity contribution is -0.139. The van der Waals surface area contributed by atoms with Gasteiger partial charge in [0.2, 0.25) is 11.8 Å². The second-order valence-electron chi connectivity index (χ2n) is 3.92. The summed E-state index contributed by atoms with van der Waals surface area (Å²) in [6.07, 6.45) is 2.13. The van der Waals surface area contributed by atoms with Gasteiger partial charge in [0.1, 0.15) is 12.4 Å². The molecule has 1 heterocycles. The highest BCUT2D eigenvalue weighted by Gasteiger charge is 2.25. The fourth-order valence-corrected chi connectivity index (χ4v) is 1.63. The third-order valence-electron chi connectivity index (χ3n) is 2.57. The molecule has 2 N–H and O–H groups in total. The Morgan fingerprint density at radius 1 is 1.30 bits per heavy atom. The highest BCUT2D eigenvalue weighted by Crippen LogP contribution is 2.23. The Morgan fingerprint density at radius 3 is 2.25 bits per heavy atom. The molecule has 1 atom stereocenters. The summed E-state index contributed by atoms with van der Waals surface area (Å²) in [7, 11) is 2.69. The first-order valence-corrected chi connectivity index (χ1v) is 6.01. The second-order valence-corrected chi connectivity index (χ2v) is 3.92. The van der Waals surface area contributed by atoms with Crippen LogP contribution in [0.2, 0.25) is 0 Å². The molecule has 1 amide bonds. The zero-order valence-corrected chi connectivity index (χ0v) is 11.5. The molecule has 0 aliphatic carbocycles. The van der Waals surface area contributed by atoms with E-state index in [1.54, 1.807) is 0 Å². The highest BCUT2D eigenvalue weighted by atomic mass is 16.5. The molecule has 0 aliphatic heterocycles. The molecular formula is C12H17N3O5. The van der Waals surface area contributed by atoms with Gasteiger partial charge in [-0.15, -0.1) is 0 Å². The predicted octanol–water partition coefficient (Wildman–Crippen LogP) is 0.477. The van der Waals surface area contributed by atoms with E-state index >= 15 is 0 Å². The van der Waals surface area contributed by atoms with Crippen LogP contribution in [0.4, 0.5) is 0 Å². The molecular weight excluding hydrogens is 266 g/mol. The minimum Gasteiger partial charge on any atom is -0.480 e. The number of aromatic nitrogens is 2. The van der Waals surface area contributed by atoms with E-state index in [-0.39, 0.29) is 17.3 Å². The van der Waals surface area contributed by atoms with Gasteiger partial charge in [-0.2, -0.15) is 0 Å². The lowest BCUT2D eigenvalue weighted by Crippen LogP contribution is -2.41. The first-order chi connectivity index (χ1) is 9.54. The number of nitrogens with one attached hydrogen (secondary N) is 1. The number of amides is 1. The van der Waals surface area contributed by atoms with Crippen LogP contribution in [-0.4, -0.2) is 47.2 Å². The number of carboxylic acids is 1. The van der Waals surface area contributed by atoms with E-state index in [0.29, 0.717) is 12.8 Å². The summed E-state index contributed by atoms with van der Waals surface area (Å²) in [6, 6.07) is -0.984. The van der Waals surface area contributed by atoms with Crippen molar-refractivity contribution in [1.29, 1.82) is 0 Å². The van der Waals surface area contributed by atoms with E-state index in [2.05, 4.69) is 15.3 Å². The third kappa shape index (κ3) is 3.56. The Labute approximate surface area is 116 Å². The summed E-state index contributed by atoms with van der Waals surface area (Å²) in [5, 5.41) is 11.4. The number of methoxy groups -OCH3 is 2. The maximum atomic E-state index is 12.2. The lowest BCUT2D eigenvalue weighted by atomic mass is 10.1. The van der Waals surface area contributed by atoms with Gasteiger partial charge < -0.3 is 19.9 Å². The SMILES string of the molecule is CCCC(NC(=O)c1c(OC)ncnc1OC)C(=O)O. The van der Waals surface area contributed by atoms with Crippen LogP contribution in [0.15, 0.2) is 6.33 Å². The van der Waals surface area contributed by atoms with Crippen LogP contribution in [0.3, 0.4) is 0 Å². The van der Waals surface area contributed by atoms with Crippen LogP contribution in [0.25, 0.3) is 0 Å². The van der Waals surface area contributed by atoms with E-state index < -0.39 is 17.9 Å². The van der Waals surface area contributed by atoms with Crippen molar-refractivity contribution in [3.8, 4) is 11.8 Å². The molecule has 1 aromatic heterocycles. The number of nitrogens with zero attached hydrogens (tertiary/aromatic N) is 2. The monoisotopic (exact) mass is 283 g/mol. The van der Waals surface area contributed by atoms with Gasteiger partial charge in [-0.25, -0.2) is 14.8 Å². The first-order valence-electron chi connectivity index (χ1n) is 6.01. The fraction of sp³-hybridized carbons (Fsp3) is 0.500. The summed E-state index contributed by atoms with van der Waals surface area (Å²) in [6.45, 7) is 1.83. The number of ether oxygens (including phenoxy) is 2. The zero-order chi connectivity index (χ0) is 15.1. The van der Waals surface area contributed by atoms with Gasteiger partial charge in [-0.1, -0.05) is 13.3 Å². The topological polar surface area (TPSA) is 111 Å². The average molecular weight is 283 g/mol. The molecule has 0 aliphatic rings. The van der Waals surface area contributed by atoms with E-state index in [1.165, 1.54) is 20.5 Å². The standard InChI is InChI=1S/C12H17N3O5/c1-4-5-7(12(17)18)15-9(16)8-10(19-2)13-6-14-11(8)20-3/h6-7H,4-5H2,1-3H3,(H,15,16)(H,17,18). The number of carbonyl (C=O) groups is 2. The van der Waals surface area contributed by atoms with E-state index in [1.807, 2.05) is 6.92 Å². The quantitative estimate of drug-likeness (QED) is 0.748. The maximum Gasteiger partial charge on any atom is 0.326 e. The number of rotatable bonds is 7. The molecule has 0 saturated heterocycles. The minimum atomic E-state index is -1.10. The van der Waals surface area contributed by atoms with Crippen molar-refractivity contribution in [2.45, 2.75) is 25.8 Å². The molecule has 0 spiro atoms. The van der Waals surface area contributed by atoms with Gasteiger partial charge in [0.15, 0.2) is 5.56 Å². The van der Waals surface area contributed by atoms with Crippen molar-refractivity contribution in [3.05, 3.63) is 11.9 Å². The van der Waals surface area contributed by atoms with Crippen LogP contribution < -0.4 is 14.8 Å². The van der Waals surface area contributed by atoms with Gasteiger partial charge in [0.05, 0.1) is 14.2 Å². The number of carbonyl (C=O) groups excluding carboxylic acids is 1. The predicted molar refractivity (Wildman–Crippen MR) is 68.9 cm³/mol. The molecule has 0 aromatic carbocycles. The zero-order valence-electron chi connectivity index (χ0n) is 11.5. The van der Waals surface area contributed by atoms with Crippen molar-refractivity contribution in [3.63, 3.8) is 0 Å². The molecule has 8 nitrogen and oxygen atoms in total. The largest absolute Gasteiger partial charge is 0.480 e. The Kier molecular flexibility index (Phi) is 5.70. The van der Waals surface area contributed by atoms with Gasteiger partial charge in [-0.05, 0) is 6.42 Å². The Morgan fingerprint density at radius 2 is 1.85 bits per heavy atom. The Hall–Kier alpha value is -2.38. The van der Waals surface area contributed by atoms with E-state index in [4.69, 9.17) is 14.6 Å². The third-order valence-corrected chi connectivity index (χ3v) is 2.57. The molecule has 0 saturated carbocycles. The molecule has 0 bridgehead atoms. The molecule has 0 fully saturated rings. The summed E-state index contributed by atoms with van der Waals surface area (Å²) < 4.78 is 9.94. The summed E-state index contributed by atoms with van der Waals surface area (Å²) >= 11 is 0. The first kappa shape index (κ1) is 15.7. The van der Waals surface area contributed by atoms with Gasteiger partial charge in [0.25, 0.3) is 5.91 Å². The Balaban J connectivity index is 3.04. The van der Waals surface area contributed by atoms with Crippen molar-refractivity contribution < 1.29 is 24.2 Å². The van der Waals surface area contributed by atoms with Gasteiger partial charge in [0, 0.05) is 0 Å². The second kappa shape index (κ2) is 7.27. The van der Waals surface area contributed by atoms with Crippen molar-refractivity contribution >= 4 is 11.9 Å². The summed E-state index contributed by atoms with van der Waals surface area (Å²) in [5.74, 6) is -1.71. The van der Waals surface area contributed by atoms with Crippen LogP contribution >= 0.6 is 0 Å². The molecule has 20 heavy (non-hydrogen) atoms. The Bertz CT molecular complexity index is 470. The molecule has 1 unspecified atom stereocenters. The van der Waals surface area contributed by atoms with E-state index in [9.17, 15) is 9.59 Å². The van der Waals surface area contributed by atoms with Crippen molar-refractivity contribution in [1.82, 2.24) is 15.3 Å². The molecule has 0 radical (unpaired) electrons. The number of hydrogen-bond donors (Lipinski definition) is 2. The van der Waals surface area contributed by atoms with E-state index in [0.717, 1.165) is 0 Å². The number of hydrogen-bond acceptors (Lipinski definition) is 6. The fourth-order valence-electron chi connectivity index (χ4n) is 1.63. The average Bonchev–Trinajstić information content (AvgIpc) is 2.45. The van der Waals surface area contributed by atoms with Crippen molar-refractivity contribution in [2.24, 2.45) is 0 Å². The van der Waals surface area contributed by atoms with Crippen LogP contribution in [-0.2, 0) is 4.79 Å². The molecule has 1 rings (SSSR count). The van der Waals surface area contributed by atoms with Crippen LogP contribution in [0, 0.1) is 0 Å². The normalized spacial score (nSPS) is 11.6. The smallest absolute Gasteiger partial charge is 0.326 e. The molecule has 110 valence electrons. The van der Waals surface area contributed by atoms with Crippen molar-refractivity contribution in [2.75, 3.05) is 14.2 Å². The van der Waals surface area contributed by atoms with Gasteiger partial charge >= 0.3 is 5.97 Å². The summed E-state index contributed by atoms with van der Waals surface area (Å²) in [5.41, 5.74) is -0.0279. The molecule has 8 heteroatoms. The highest BCUT2D eigenvalue weighted by molar-refractivity contribution is 6.00. The number of aliphatic carboxylic acids is 1. The van der Waals surface area contributed by atoms with Crippen LogP contribution in [0.5, 0.6) is 11.8 Å². The lowest BCUT2D eigenvalue weighted by Gasteiger charge is -2.15. The molecule has 1 aromatic rings. The van der Waals surface area contributed by atoms with Gasteiger partial charge in [-0.3, -0.25) is 4.79 Å². The minimum absolute atomic E-state index is 0.0231. The summed E-state index contributed by atoms with van der Waals surface area (Å²) in [4.78, 5) is 30.8. The maximum absolute atomic E-state index is 12.2.